The number of rotatable bonds is 2. The lowest BCUT2D eigenvalue weighted by Gasteiger charge is -2.39. The Morgan fingerprint density at radius 2 is 1.65 bits per heavy atom. The summed E-state index contributed by atoms with van der Waals surface area (Å²) in [5.41, 5.74) is 3.30. The molecule has 26 heavy (non-hydrogen) atoms. The van der Waals surface area contributed by atoms with Gasteiger partial charge in [0.15, 0.2) is 0 Å². The third-order valence-electron chi connectivity index (χ3n) is 4.79. The maximum Gasteiger partial charge on any atom is 0.248 e. The Hall–Kier alpha value is -2.50. The smallest absolute Gasteiger partial charge is 0.248 e. The number of nitrogens with one attached hydrogen (secondary N) is 1. The van der Waals surface area contributed by atoms with E-state index in [1.807, 2.05) is 68.4 Å². The Kier molecular flexibility index (Phi) is 4.57. The quantitative estimate of drug-likeness (QED) is 0.906. The second-order valence-electron chi connectivity index (χ2n) is 6.98. The molecule has 3 atom stereocenters. The number of benzene rings is 2. The molecule has 2 heterocycles. The van der Waals surface area contributed by atoms with Gasteiger partial charge in [0.25, 0.3) is 0 Å². The largest absolute Gasteiger partial charge is 0.373 e. The third kappa shape index (κ3) is 3.28. The maximum absolute atomic E-state index is 13.2. The Balaban J connectivity index is 1.82. The van der Waals surface area contributed by atoms with Gasteiger partial charge in [0.05, 0.1) is 29.3 Å². The first-order valence-corrected chi connectivity index (χ1v) is 9.05. The summed E-state index contributed by atoms with van der Waals surface area (Å²) in [4.78, 5) is 20.3. The van der Waals surface area contributed by atoms with Crippen molar-refractivity contribution in [1.29, 1.82) is 0 Å². The van der Waals surface area contributed by atoms with E-state index in [0.717, 1.165) is 22.6 Å². The zero-order chi connectivity index (χ0) is 18.1. The summed E-state index contributed by atoms with van der Waals surface area (Å²) in [6.45, 7) is 5.49. The number of nitrogens with zero attached hydrogens (tertiary/aromatic N) is 2. The van der Waals surface area contributed by atoms with E-state index in [1.54, 1.807) is 0 Å². The lowest BCUT2D eigenvalue weighted by atomic mass is 9.99. The number of carbonyl (C=O) groups is 1. The molecule has 1 fully saturated rings. The van der Waals surface area contributed by atoms with Gasteiger partial charge in [-0.2, -0.15) is 0 Å². The molecular formula is C21H23N3O2. The summed E-state index contributed by atoms with van der Waals surface area (Å²) in [6, 6.07) is 17.2. The van der Waals surface area contributed by atoms with Gasteiger partial charge in [-0.15, -0.1) is 0 Å². The van der Waals surface area contributed by atoms with Crippen molar-refractivity contribution in [3.05, 3.63) is 60.2 Å². The highest BCUT2D eigenvalue weighted by atomic mass is 16.5. The molecule has 0 radical (unpaired) electrons. The van der Waals surface area contributed by atoms with Crippen LogP contribution in [0.4, 0.5) is 11.4 Å². The normalized spacial score (nSPS) is 26.5. The minimum absolute atomic E-state index is 0.0427. The summed E-state index contributed by atoms with van der Waals surface area (Å²) in [5, 5.41) is 3.06. The number of ether oxygens (including phenoxy) is 1. The van der Waals surface area contributed by atoms with E-state index in [-0.39, 0.29) is 18.1 Å². The molecule has 2 aromatic carbocycles. The maximum atomic E-state index is 13.2. The molecule has 5 nitrogen and oxygen atoms in total. The zero-order valence-electron chi connectivity index (χ0n) is 15.1. The van der Waals surface area contributed by atoms with E-state index in [1.165, 1.54) is 0 Å². The van der Waals surface area contributed by atoms with E-state index < -0.39 is 6.04 Å². The zero-order valence-corrected chi connectivity index (χ0v) is 15.1. The molecule has 1 saturated heterocycles. The average Bonchev–Trinajstić information content (AvgIpc) is 2.77. The molecule has 4 rings (SSSR count). The van der Waals surface area contributed by atoms with Gasteiger partial charge in [0.1, 0.15) is 6.04 Å². The van der Waals surface area contributed by atoms with Crippen LogP contribution in [0.1, 0.15) is 19.4 Å². The van der Waals surface area contributed by atoms with Crippen LogP contribution in [-0.2, 0) is 9.53 Å². The van der Waals surface area contributed by atoms with Crippen molar-refractivity contribution in [2.75, 3.05) is 18.4 Å². The molecule has 0 saturated carbocycles. The fourth-order valence-electron chi connectivity index (χ4n) is 3.79. The topological polar surface area (TPSA) is 53.9 Å². The highest BCUT2D eigenvalue weighted by Crippen LogP contribution is 2.30. The van der Waals surface area contributed by atoms with Gasteiger partial charge in [0, 0.05) is 13.1 Å². The van der Waals surface area contributed by atoms with Crippen LogP contribution in [0.15, 0.2) is 59.6 Å². The highest BCUT2D eigenvalue weighted by Gasteiger charge is 2.37. The van der Waals surface area contributed by atoms with Crippen molar-refractivity contribution < 1.29 is 9.53 Å². The second kappa shape index (κ2) is 7.02. The third-order valence-corrected chi connectivity index (χ3v) is 4.79. The van der Waals surface area contributed by atoms with Gasteiger partial charge >= 0.3 is 0 Å². The Morgan fingerprint density at radius 1 is 1.00 bits per heavy atom. The van der Waals surface area contributed by atoms with Crippen LogP contribution in [0, 0.1) is 0 Å². The van der Waals surface area contributed by atoms with Crippen LogP contribution in [0.5, 0.6) is 0 Å². The number of carbonyl (C=O) groups excluding carboxylic acids is 1. The second-order valence-corrected chi connectivity index (χ2v) is 6.98. The van der Waals surface area contributed by atoms with Crippen molar-refractivity contribution in [2.24, 2.45) is 4.99 Å². The number of fused-ring (bicyclic) bond motifs is 1. The van der Waals surface area contributed by atoms with Gasteiger partial charge < -0.3 is 10.1 Å². The standard InChI is InChI=1S/C21H23N3O2/c1-14-12-24(13-15(2)26-14)20-19(16-8-4-3-5-9-16)22-17-10-6-7-11-18(17)23-21(20)25/h3-11,14-15,20H,12-13H2,1-2H3,(H,23,25)/t14-,15+,20-/m1/s1. The lowest BCUT2D eigenvalue weighted by Crippen LogP contribution is -2.56. The first kappa shape index (κ1) is 16.9. The Labute approximate surface area is 153 Å². The molecule has 0 aromatic heterocycles. The molecule has 1 N–H and O–H groups in total. The molecule has 5 heteroatoms. The fourth-order valence-corrected chi connectivity index (χ4v) is 3.79. The monoisotopic (exact) mass is 349 g/mol. The van der Waals surface area contributed by atoms with Crippen molar-refractivity contribution in [3.63, 3.8) is 0 Å². The van der Waals surface area contributed by atoms with Crippen molar-refractivity contribution in [2.45, 2.75) is 32.1 Å². The lowest BCUT2D eigenvalue weighted by molar-refractivity contribution is -0.124. The summed E-state index contributed by atoms with van der Waals surface area (Å²) in [5.74, 6) is -0.0427. The van der Waals surface area contributed by atoms with E-state index >= 15 is 0 Å². The van der Waals surface area contributed by atoms with Gasteiger partial charge in [-0.05, 0) is 31.5 Å². The van der Waals surface area contributed by atoms with Gasteiger partial charge in [0.2, 0.25) is 5.91 Å². The number of hydrogen-bond donors (Lipinski definition) is 1. The number of hydrogen-bond acceptors (Lipinski definition) is 4. The molecule has 2 aromatic rings. The summed E-state index contributed by atoms with van der Waals surface area (Å²) in [6.07, 6.45) is 0.156. The molecule has 2 aliphatic rings. The van der Waals surface area contributed by atoms with Crippen LogP contribution >= 0.6 is 0 Å². The highest BCUT2D eigenvalue weighted by molar-refractivity contribution is 6.22. The minimum Gasteiger partial charge on any atom is -0.373 e. The summed E-state index contributed by atoms with van der Waals surface area (Å²) < 4.78 is 5.86. The molecular weight excluding hydrogens is 326 g/mol. The molecule has 0 spiro atoms. The van der Waals surface area contributed by atoms with Gasteiger partial charge in [-0.25, -0.2) is 4.99 Å². The van der Waals surface area contributed by atoms with Crippen molar-refractivity contribution in [3.8, 4) is 0 Å². The Bertz CT molecular complexity index is 824. The first-order chi connectivity index (χ1) is 12.6. The molecule has 0 unspecified atom stereocenters. The minimum atomic E-state index is -0.446. The average molecular weight is 349 g/mol. The molecule has 0 bridgehead atoms. The molecule has 2 aliphatic heterocycles. The van der Waals surface area contributed by atoms with Crippen LogP contribution < -0.4 is 5.32 Å². The number of morpholine rings is 1. The van der Waals surface area contributed by atoms with E-state index in [0.29, 0.717) is 13.1 Å². The number of anilines is 1. The number of aliphatic imine (C=N–C) groups is 1. The SMILES string of the molecule is C[C@@H]1CN([C@H]2C(=O)Nc3ccccc3N=C2c2ccccc2)C[C@H](C)O1. The van der Waals surface area contributed by atoms with Gasteiger partial charge in [-0.1, -0.05) is 42.5 Å². The molecule has 1 amide bonds. The predicted octanol–water partition coefficient (Wildman–Crippen LogP) is 3.24. The van der Waals surface area contributed by atoms with Crippen molar-refractivity contribution in [1.82, 2.24) is 4.90 Å². The summed E-state index contributed by atoms with van der Waals surface area (Å²) in [7, 11) is 0. The van der Waals surface area contributed by atoms with Gasteiger partial charge in [-0.3, -0.25) is 9.69 Å². The van der Waals surface area contributed by atoms with Crippen LogP contribution in [0.3, 0.4) is 0 Å². The van der Waals surface area contributed by atoms with E-state index in [9.17, 15) is 4.79 Å². The molecule has 134 valence electrons. The summed E-state index contributed by atoms with van der Waals surface area (Å²) >= 11 is 0. The fraction of sp³-hybridized carbons (Fsp3) is 0.333. The van der Waals surface area contributed by atoms with Crippen LogP contribution in [-0.4, -0.2) is 47.9 Å². The van der Waals surface area contributed by atoms with E-state index in [2.05, 4.69) is 10.2 Å². The molecule has 0 aliphatic carbocycles. The Morgan fingerprint density at radius 3 is 2.38 bits per heavy atom. The van der Waals surface area contributed by atoms with Crippen LogP contribution in [0.25, 0.3) is 0 Å². The predicted molar refractivity (Wildman–Crippen MR) is 103 cm³/mol. The number of para-hydroxylation sites is 2. The van der Waals surface area contributed by atoms with Crippen molar-refractivity contribution >= 4 is 23.0 Å². The first-order valence-electron chi connectivity index (χ1n) is 9.05. The number of amides is 1. The van der Waals surface area contributed by atoms with Crippen LogP contribution in [0.2, 0.25) is 0 Å². The van der Waals surface area contributed by atoms with E-state index in [4.69, 9.17) is 9.73 Å².